The third-order valence-electron chi connectivity index (χ3n) is 5.83. The molecule has 0 aliphatic carbocycles. The van der Waals surface area contributed by atoms with E-state index in [2.05, 4.69) is 35.7 Å². The number of carbonyl (C=O) groups excluding carboxylic acids is 1. The maximum Gasteiger partial charge on any atom is 0.352 e. The van der Waals surface area contributed by atoms with Crippen molar-refractivity contribution in [3.8, 4) is 0 Å². The number of amides is 1. The van der Waals surface area contributed by atoms with Crippen molar-refractivity contribution in [3.05, 3.63) is 54.8 Å². The topological polar surface area (TPSA) is 72.0 Å². The fraction of sp³-hybridized carbons (Fsp3) is 0.538. The minimum atomic E-state index is -3.20. The molecular formula is C26H36F2IN3O3. The molecule has 2 rings (SSSR count). The van der Waals surface area contributed by atoms with Gasteiger partial charge in [0.15, 0.2) is 5.84 Å². The Balaban J connectivity index is 1.91. The van der Waals surface area contributed by atoms with Gasteiger partial charge in [0.2, 0.25) is 0 Å². The summed E-state index contributed by atoms with van der Waals surface area (Å²) in [4.78, 5) is 16.3. The predicted molar refractivity (Wildman–Crippen MR) is 145 cm³/mol. The molecule has 1 aliphatic heterocycles. The maximum absolute atomic E-state index is 13.7. The molecule has 2 N–H and O–H groups in total. The standard InChI is InChI=1S/C26H36F2IN3O3/c1-4-14-35-18-21(7-6-20-12-15-34-16-13-20)17-31-24(33)23-10-8-22(9-11-23)19(3)32-25(30-5-2)26(27,28)29/h5,8-11,20-21H,2-4,6-7,12-18H2,1H3,(H,30,32)(H,31,33). The highest BCUT2D eigenvalue weighted by Gasteiger charge is 2.32. The summed E-state index contributed by atoms with van der Waals surface area (Å²) < 4.78 is 35.4. The quantitative estimate of drug-likeness (QED) is 0.0928. The van der Waals surface area contributed by atoms with Crippen LogP contribution in [-0.2, 0) is 9.47 Å². The van der Waals surface area contributed by atoms with E-state index in [4.69, 9.17) is 9.47 Å². The molecule has 0 aromatic heterocycles. The van der Waals surface area contributed by atoms with Gasteiger partial charge in [-0.05, 0) is 61.6 Å². The SMILES string of the molecule is C=CN=C(NC(=C)c1ccc(C(=O)NCC(CCC2CCOCC2)COCCC)cc1)C(F)(F)I. The van der Waals surface area contributed by atoms with Crippen molar-refractivity contribution >= 4 is 40.0 Å². The Morgan fingerprint density at radius 3 is 2.57 bits per heavy atom. The molecule has 0 saturated carbocycles. The highest BCUT2D eigenvalue weighted by Crippen LogP contribution is 2.25. The zero-order valence-electron chi connectivity index (χ0n) is 20.3. The summed E-state index contributed by atoms with van der Waals surface area (Å²) in [5.41, 5.74) is 1.30. The van der Waals surface area contributed by atoms with Crippen LogP contribution in [0.1, 0.15) is 54.9 Å². The van der Waals surface area contributed by atoms with Crippen molar-refractivity contribution in [2.45, 2.75) is 43.0 Å². The molecular weight excluding hydrogens is 567 g/mol. The van der Waals surface area contributed by atoms with Gasteiger partial charge in [-0.25, -0.2) is 4.99 Å². The summed E-state index contributed by atoms with van der Waals surface area (Å²) in [5.74, 6) is 0.173. The van der Waals surface area contributed by atoms with Gasteiger partial charge in [-0.1, -0.05) is 32.2 Å². The van der Waals surface area contributed by atoms with E-state index in [0.717, 1.165) is 74.1 Å². The van der Waals surface area contributed by atoms with Gasteiger partial charge >= 0.3 is 3.93 Å². The second-order valence-corrected chi connectivity index (χ2v) is 9.98. The van der Waals surface area contributed by atoms with Gasteiger partial charge in [-0.15, -0.1) is 0 Å². The van der Waals surface area contributed by atoms with Gasteiger partial charge in [-0.3, -0.25) is 4.79 Å². The van der Waals surface area contributed by atoms with Crippen LogP contribution < -0.4 is 10.6 Å². The number of hydrogen-bond donors (Lipinski definition) is 2. The number of amidine groups is 1. The highest BCUT2D eigenvalue weighted by atomic mass is 127. The van der Waals surface area contributed by atoms with Crippen LogP contribution in [0.25, 0.3) is 5.70 Å². The summed E-state index contributed by atoms with van der Waals surface area (Å²) in [5, 5.41) is 5.55. The van der Waals surface area contributed by atoms with Gasteiger partial charge in [0.25, 0.3) is 5.91 Å². The lowest BCUT2D eigenvalue weighted by Crippen LogP contribution is -2.34. The molecule has 0 spiro atoms. The molecule has 35 heavy (non-hydrogen) atoms. The third-order valence-corrected chi connectivity index (χ3v) is 6.34. The minimum absolute atomic E-state index is 0.186. The Bertz CT molecular complexity index is 850. The van der Waals surface area contributed by atoms with Gasteiger partial charge in [0.05, 0.1) is 6.61 Å². The van der Waals surface area contributed by atoms with E-state index in [1.54, 1.807) is 24.3 Å². The molecule has 1 fully saturated rings. The lowest BCUT2D eigenvalue weighted by Gasteiger charge is -2.24. The Morgan fingerprint density at radius 1 is 1.31 bits per heavy atom. The van der Waals surface area contributed by atoms with E-state index in [-0.39, 0.29) is 17.5 Å². The first kappa shape index (κ1) is 29.4. The molecule has 1 amide bonds. The van der Waals surface area contributed by atoms with Crippen molar-refractivity contribution in [1.82, 2.24) is 10.6 Å². The van der Waals surface area contributed by atoms with Crippen LogP contribution in [0.5, 0.6) is 0 Å². The van der Waals surface area contributed by atoms with Crippen LogP contribution in [0.3, 0.4) is 0 Å². The summed E-state index contributed by atoms with van der Waals surface area (Å²) in [6, 6.07) is 6.62. The number of benzene rings is 1. The molecule has 1 aromatic rings. The zero-order valence-corrected chi connectivity index (χ0v) is 22.5. The minimum Gasteiger partial charge on any atom is -0.381 e. The molecule has 1 saturated heterocycles. The van der Waals surface area contributed by atoms with Crippen molar-refractivity contribution < 1.29 is 23.0 Å². The second kappa shape index (κ2) is 15.3. The first-order valence-electron chi connectivity index (χ1n) is 12.0. The number of nitrogens with zero attached hydrogens (tertiary/aromatic N) is 1. The van der Waals surface area contributed by atoms with Crippen LogP contribution in [-0.4, -0.2) is 48.6 Å². The molecule has 1 heterocycles. The molecule has 9 heteroatoms. The molecule has 1 aromatic carbocycles. The number of alkyl halides is 3. The highest BCUT2D eigenvalue weighted by molar-refractivity contribution is 14.1. The number of nitrogens with one attached hydrogen (secondary N) is 2. The summed E-state index contributed by atoms with van der Waals surface area (Å²) in [6.07, 6.45) is 6.29. The summed E-state index contributed by atoms with van der Waals surface area (Å²) in [7, 11) is 0. The molecule has 1 aliphatic rings. The molecule has 0 bridgehead atoms. The molecule has 1 atom stereocenters. The van der Waals surface area contributed by atoms with Gasteiger partial charge < -0.3 is 20.1 Å². The Hall–Kier alpha value is -1.85. The number of aliphatic imine (C=N–C) groups is 1. The lowest BCUT2D eigenvalue weighted by molar-refractivity contribution is 0.0560. The summed E-state index contributed by atoms with van der Waals surface area (Å²) >= 11 is 0.989. The van der Waals surface area contributed by atoms with E-state index in [1.165, 1.54) is 0 Å². The van der Waals surface area contributed by atoms with E-state index in [9.17, 15) is 13.6 Å². The Labute approximate surface area is 220 Å². The smallest absolute Gasteiger partial charge is 0.352 e. The van der Waals surface area contributed by atoms with Crippen LogP contribution in [0.4, 0.5) is 8.78 Å². The monoisotopic (exact) mass is 603 g/mol. The van der Waals surface area contributed by atoms with Crippen LogP contribution in [0.2, 0.25) is 0 Å². The number of carbonyl (C=O) groups is 1. The number of halogens is 3. The fourth-order valence-corrected chi connectivity index (χ4v) is 4.06. The first-order valence-corrected chi connectivity index (χ1v) is 13.1. The average Bonchev–Trinajstić information content (AvgIpc) is 2.85. The van der Waals surface area contributed by atoms with E-state index in [0.29, 0.717) is 36.8 Å². The van der Waals surface area contributed by atoms with Crippen molar-refractivity contribution in [2.24, 2.45) is 16.8 Å². The fourth-order valence-electron chi connectivity index (χ4n) is 3.79. The third kappa shape index (κ3) is 10.7. The lowest BCUT2D eigenvalue weighted by atomic mass is 9.90. The Kier molecular flexibility index (Phi) is 12.8. The first-order chi connectivity index (χ1) is 16.7. The van der Waals surface area contributed by atoms with Crippen molar-refractivity contribution in [2.75, 3.05) is 33.0 Å². The van der Waals surface area contributed by atoms with Crippen LogP contribution >= 0.6 is 22.6 Å². The van der Waals surface area contributed by atoms with Crippen LogP contribution in [0, 0.1) is 11.8 Å². The van der Waals surface area contributed by atoms with Crippen molar-refractivity contribution in [1.29, 1.82) is 0 Å². The van der Waals surface area contributed by atoms with Crippen molar-refractivity contribution in [3.63, 3.8) is 0 Å². The second-order valence-electron chi connectivity index (χ2n) is 8.62. The Morgan fingerprint density at radius 2 is 1.97 bits per heavy atom. The molecule has 0 radical (unpaired) electrons. The largest absolute Gasteiger partial charge is 0.381 e. The van der Waals surface area contributed by atoms with E-state index in [1.807, 2.05) is 0 Å². The molecule has 194 valence electrons. The number of rotatable bonds is 14. The van der Waals surface area contributed by atoms with Crippen LogP contribution in [0.15, 0.2) is 48.6 Å². The average molecular weight is 603 g/mol. The van der Waals surface area contributed by atoms with Gasteiger partial charge in [0, 0.05) is 66.4 Å². The number of hydrogen-bond acceptors (Lipinski definition) is 4. The van der Waals surface area contributed by atoms with Gasteiger partial charge in [-0.2, -0.15) is 8.78 Å². The predicted octanol–water partition coefficient (Wildman–Crippen LogP) is 5.80. The zero-order chi connectivity index (χ0) is 25.7. The van der Waals surface area contributed by atoms with Gasteiger partial charge in [0.1, 0.15) is 0 Å². The maximum atomic E-state index is 13.7. The molecule has 1 unspecified atom stereocenters. The van der Waals surface area contributed by atoms with E-state index >= 15 is 0 Å². The summed E-state index contributed by atoms with van der Waals surface area (Å²) in [6.45, 7) is 12.8. The molecule has 6 nitrogen and oxygen atoms in total. The van der Waals surface area contributed by atoms with E-state index < -0.39 is 9.76 Å². The normalized spacial score (nSPS) is 15.9. The number of ether oxygens (including phenoxy) is 2.